The van der Waals surface area contributed by atoms with Crippen molar-refractivity contribution >= 4 is 50.9 Å². The lowest BCUT2D eigenvalue weighted by Gasteiger charge is -2.35. The Balaban J connectivity index is 2.12. The number of carbonyl (C=O) groups excluding carboxylic acids is 2. The van der Waals surface area contributed by atoms with Gasteiger partial charge in [0.1, 0.15) is 18.4 Å². The van der Waals surface area contributed by atoms with Gasteiger partial charge in [-0.15, -0.1) is 0 Å². The zero-order valence-corrected chi connectivity index (χ0v) is 26.3. The highest BCUT2D eigenvalue weighted by atomic mass is 35.5. The van der Waals surface area contributed by atoms with E-state index in [-0.39, 0.29) is 29.7 Å². The maximum Gasteiger partial charge on any atom is 0.304 e. The molecule has 42 heavy (non-hydrogen) atoms. The van der Waals surface area contributed by atoms with Crippen LogP contribution in [0.2, 0.25) is 10.0 Å². The summed E-state index contributed by atoms with van der Waals surface area (Å²) in [6, 6.07) is 17.6. The summed E-state index contributed by atoms with van der Waals surface area (Å²) >= 11 is 12.6. The van der Waals surface area contributed by atoms with Crippen LogP contribution in [-0.2, 0) is 32.8 Å². The molecule has 0 saturated heterocycles. The number of carbonyl (C=O) groups is 2. The fourth-order valence-corrected chi connectivity index (χ4v) is 5.68. The Labute approximate surface area is 257 Å². The number of hydrogen-bond acceptors (Lipinski definition) is 4. The van der Waals surface area contributed by atoms with Crippen molar-refractivity contribution in [1.82, 2.24) is 14.5 Å². The average Bonchev–Trinajstić information content (AvgIpc) is 2.95. The zero-order chi connectivity index (χ0) is 31.0. The number of rotatable bonds is 13. The SMILES string of the molecule is CC[C@@H](C)NC(=O)[C@H](Cc1ccccc1)N(Cc1ccc(Cl)cc1Cl)C(=O)CN(c1ccc(F)cc1)S(=O)(=O)N(C)C. The lowest BCUT2D eigenvalue weighted by molar-refractivity contribution is -0.140. The first-order valence-electron chi connectivity index (χ1n) is 13.4. The van der Waals surface area contributed by atoms with E-state index in [9.17, 15) is 22.4 Å². The molecule has 0 bridgehead atoms. The van der Waals surface area contributed by atoms with Crippen molar-refractivity contribution in [3.8, 4) is 0 Å². The number of halogens is 3. The van der Waals surface area contributed by atoms with Crippen LogP contribution in [0.1, 0.15) is 31.4 Å². The van der Waals surface area contributed by atoms with Crippen LogP contribution in [0, 0.1) is 5.82 Å². The molecule has 0 aliphatic carbocycles. The second-order valence-electron chi connectivity index (χ2n) is 10.1. The van der Waals surface area contributed by atoms with Crippen LogP contribution in [0.25, 0.3) is 0 Å². The van der Waals surface area contributed by atoms with Gasteiger partial charge in [-0.3, -0.25) is 9.59 Å². The molecule has 1 N–H and O–H groups in total. The summed E-state index contributed by atoms with van der Waals surface area (Å²) < 4.78 is 42.3. The number of amides is 2. The second-order valence-corrected chi connectivity index (χ2v) is 13.0. The van der Waals surface area contributed by atoms with Gasteiger partial charge in [0.2, 0.25) is 11.8 Å². The van der Waals surface area contributed by atoms with Crippen LogP contribution in [-0.4, -0.2) is 62.2 Å². The van der Waals surface area contributed by atoms with Crippen LogP contribution >= 0.6 is 23.2 Å². The summed E-state index contributed by atoms with van der Waals surface area (Å²) in [6.07, 6.45) is 0.831. The molecule has 0 aliphatic heterocycles. The van der Waals surface area contributed by atoms with Gasteiger partial charge < -0.3 is 10.2 Å². The van der Waals surface area contributed by atoms with Crippen molar-refractivity contribution in [2.45, 2.75) is 45.3 Å². The Morgan fingerprint density at radius 2 is 1.62 bits per heavy atom. The molecule has 0 fully saturated rings. The third-order valence-corrected chi connectivity index (χ3v) is 9.17. The highest BCUT2D eigenvalue weighted by Gasteiger charge is 2.35. The van der Waals surface area contributed by atoms with E-state index in [1.165, 1.54) is 37.2 Å². The van der Waals surface area contributed by atoms with Gasteiger partial charge in [0.15, 0.2) is 0 Å². The van der Waals surface area contributed by atoms with Crippen LogP contribution in [0.15, 0.2) is 72.8 Å². The number of benzene rings is 3. The number of nitrogens with zero attached hydrogens (tertiary/aromatic N) is 3. The summed E-state index contributed by atoms with van der Waals surface area (Å²) in [4.78, 5) is 29.3. The molecule has 2 atom stereocenters. The first-order chi connectivity index (χ1) is 19.8. The minimum atomic E-state index is -4.20. The van der Waals surface area contributed by atoms with Gasteiger partial charge >= 0.3 is 10.2 Å². The molecule has 8 nitrogen and oxygen atoms in total. The molecule has 12 heteroatoms. The van der Waals surface area contributed by atoms with Gasteiger partial charge in [-0.1, -0.05) is 66.5 Å². The maximum atomic E-state index is 14.2. The first kappa shape index (κ1) is 33.3. The quantitative estimate of drug-likeness (QED) is 0.276. The van der Waals surface area contributed by atoms with Crippen LogP contribution in [0.5, 0.6) is 0 Å². The van der Waals surface area contributed by atoms with Gasteiger partial charge in [-0.05, 0) is 60.9 Å². The van der Waals surface area contributed by atoms with Crippen LogP contribution in [0.3, 0.4) is 0 Å². The average molecular weight is 638 g/mol. The molecule has 3 aromatic carbocycles. The highest BCUT2D eigenvalue weighted by Crippen LogP contribution is 2.26. The Hall–Kier alpha value is -3.18. The topological polar surface area (TPSA) is 90.0 Å². The third kappa shape index (κ3) is 8.67. The molecule has 0 spiro atoms. The van der Waals surface area contributed by atoms with Crippen molar-refractivity contribution in [2.24, 2.45) is 0 Å². The molecule has 0 aromatic heterocycles. The number of anilines is 1. The van der Waals surface area contributed by atoms with Crippen LogP contribution in [0.4, 0.5) is 10.1 Å². The van der Waals surface area contributed by atoms with Crippen LogP contribution < -0.4 is 9.62 Å². The first-order valence-corrected chi connectivity index (χ1v) is 15.5. The summed E-state index contributed by atoms with van der Waals surface area (Å²) in [7, 11) is -1.53. The normalized spacial score (nSPS) is 13.0. The fourth-order valence-electron chi connectivity index (χ4n) is 4.15. The monoisotopic (exact) mass is 636 g/mol. The van der Waals surface area contributed by atoms with Crippen molar-refractivity contribution in [2.75, 3.05) is 24.9 Å². The van der Waals surface area contributed by atoms with Crippen molar-refractivity contribution in [3.05, 3.63) is 99.8 Å². The zero-order valence-electron chi connectivity index (χ0n) is 23.9. The molecule has 0 unspecified atom stereocenters. The van der Waals surface area contributed by atoms with E-state index < -0.39 is 40.4 Å². The molecule has 0 saturated carbocycles. The Morgan fingerprint density at radius 1 is 0.976 bits per heavy atom. The summed E-state index contributed by atoms with van der Waals surface area (Å²) in [5, 5.41) is 3.65. The number of hydrogen-bond donors (Lipinski definition) is 1. The lowest BCUT2D eigenvalue weighted by atomic mass is 10.0. The van der Waals surface area contributed by atoms with E-state index in [1.54, 1.807) is 12.1 Å². The van der Waals surface area contributed by atoms with E-state index in [0.717, 1.165) is 26.3 Å². The highest BCUT2D eigenvalue weighted by molar-refractivity contribution is 7.90. The van der Waals surface area contributed by atoms with Gasteiger partial charge in [-0.2, -0.15) is 12.7 Å². The van der Waals surface area contributed by atoms with E-state index >= 15 is 0 Å². The Kier molecular flexibility index (Phi) is 11.8. The Bertz CT molecular complexity index is 1470. The summed E-state index contributed by atoms with van der Waals surface area (Å²) in [5.41, 5.74) is 1.41. The van der Waals surface area contributed by atoms with Gasteiger partial charge in [0.25, 0.3) is 0 Å². The second kappa shape index (κ2) is 14.8. The van der Waals surface area contributed by atoms with Gasteiger partial charge in [-0.25, -0.2) is 8.70 Å². The largest absolute Gasteiger partial charge is 0.352 e. The molecule has 0 radical (unpaired) electrons. The smallest absolute Gasteiger partial charge is 0.304 e. The van der Waals surface area contributed by atoms with Gasteiger partial charge in [0, 0.05) is 43.1 Å². The van der Waals surface area contributed by atoms with Crippen molar-refractivity contribution in [1.29, 1.82) is 0 Å². The molecule has 2 amide bonds. The minimum absolute atomic E-state index is 0.0894. The summed E-state index contributed by atoms with van der Waals surface area (Å²) in [6.45, 7) is 3.04. The molecule has 0 heterocycles. The molecule has 3 rings (SSSR count). The molecule has 226 valence electrons. The minimum Gasteiger partial charge on any atom is -0.352 e. The predicted octanol–water partition coefficient (Wildman–Crippen LogP) is 5.30. The van der Waals surface area contributed by atoms with Crippen molar-refractivity contribution < 1.29 is 22.4 Å². The standard InChI is InChI=1S/C30H35Cl2FN4O4S/c1-5-21(2)34-30(39)28(17-22-9-7-6-8-10-22)36(19-23-11-12-24(31)18-27(23)32)29(38)20-37(42(40,41)35(3)4)26-15-13-25(33)14-16-26/h6-16,18,21,28H,5,17,19-20H2,1-4H3,(H,34,39)/t21-,28+/m1/s1. The van der Waals surface area contributed by atoms with E-state index in [0.29, 0.717) is 17.0 Å². The van der Waals surface area contributed by atoms with Crippen molar-refractivity contribution in [3.63, 3.8) is 0 Å². The third-order valence-electron chi connectivity index (χ3n) is 6.76. The fraction of sp³-hybridized carbons (Fsp3) is 0.333. The maximum absolute atomic E-state index is 14.2. The van der Waals surface area contributed by atoms with E-state index in [4.69, 9.17) is 23.2 Å². The molecule has 3 aromatic rings. The van der Waals surface area contributed by atoms with Gasteiger partial charge in [0.05, 0.1) is 5.69 Å². The predicted molar refractivity (Wildman–Crippen MR) is 165 cm³/mol. The van der Waals surface area contributed by atoms with E-state index in [2.05, 4.69) is 5.32 Å². The van der Waals surface area contributed by atoms with E-state index in [1.807, 2.05) is 44.2 Å². The lowest BCUT2D eigenvalue weighted by Crippen LogP contribution is -2.55. The molecular formula is C30H35Cl2FN4O4S. The number of nitrogens with one attached hydrogen (secondary N) is 1. The molecule has 0 aliphatic rings. The summed E-state index contributed by atoms with van der Waals surface area (Å²) in [5.74, 6) is -1.61. The Morgan fingerprint density at radius 3 is 2.19 bits per heavy atom. The molecular weight excluding hydrogens is 602 g/mol.